The second kappa shape index (κ2) is 6.64. The van der Waals surface area contributed by atoms with Crippen LogP contribution in [0.2, 0.25) is 0 Å². The number of rotatable bonds is 3. The van der Waals surface area contributed by atoms with Gasteiger partial charge in [-0.15, -0.1) is 0 Å². The molecule has 2 heterocycles. The van der Waals surface area contributed by atoms with Crippen molar-refractivity contribution in [3.05, 3.63) is 34.2 Å². The van der Waals surface area contributed by atoms with Gasteiger partial charge in [-0.3, -0.25) is 4.79 Å². The number of aryl methyl sites for hydroxylation is 1. The van der Waals surface area contributed by atoms with Gasteiger partial charge in [0.1, 0.15) is 46.5 Å². The van der Waals surface area contributed by atoms with Gasteiger partial charge in [-0.25, -0.2) is 0 Å². The van der Waals surface area contributed by atoms with Gasteiger partial charge in [-0.05, 0) is 13.8 Å². The number of phenols is 1. The second-order valence-electron chi connectivity index (χ2n) is 6.05. The fraction of sp³-hybridized carbons (Fsp3) is 0.471. The van der Waals surface area contributed by atoms with Crippen molar-refractivity contribution in [2.75, 3.05) is 7.11 Å². The molecule has 1 fully saturated rings. The Morgan fingerprint density at radius 2 is 1.88 bits per heavy atom. The van der Waals surface area contributed by atoms with E-state index in [1.807, 2.05) is 0 Å². The first-order valence-corrected chi connectivity index (χ1v) is 7.80. The van der Waals surface area contributed by atoms with Crippen LogP contribution in [0.25, 0.3) is 11.0 Å². The lowest BCUT2D eigenvalue weighted by Crippen LogP contribution is -2.59. The van der Waals surface area contributed by atoms with Gasteiger partial charge in [-0.1, -0.05) is 0 Å². The van der Waals surface area contributed by atoms with Crippen LogP contribution in [0, 0.1) is 6.92 Å². The summed E-state index contributed by atoms with van der Waals surface area (Å²) < 4.78 is 21.6. The molecule has 0 bridgehead atoms. The van der Waals surface area contributed by atoms with Crippen LogP contribution in [0.3, 0.4) is 0 Å². The molecule has 8 nitrogen and oxygen atoms in total. The Kier molecular flexibility index (Phi) is 4.70. The van der Waals surface area contributed by atoms with Gasteiger partial charge in [0.05, 0.1) is 6.10 Å². The van der Waals surface area contributed by atoms with E-state index in [1.54, 1.807) is 13.8 Å². The maximum absolute atomic E-state index is 12.0. The molecule has 5 unspecified atom stereocenters. The lowest BCUT2D eigenvalue weighted by Gasteiger charge is -2.40. The molecule has 8 heteroatoms. The van der Waals surface area contributed by atoms with Crippen LogP contribution >= 0.6 is 0 Å². The fourth-order valence-electron chi connectivity index (χ4n) is 2.94. The van der Waals surface area contributed by atoms with Crippen molar-refractivity contribution < 1.29 is 33.9 Å². The van der Waals surface area contributed by atoms with E-state index in [0.29, 0.717) is 5.76 Å². The first-order chi connectivity index (χ1) is 11.8. The van der Waals surface area contributed by atoms with E-state index >= 15 is 0 Å². The van der Waals surface area contributed by atoms with Crippen molar-refractivity contribution in [3.63, 3.8) is 0 Å². The van der Waals surface area contributed by atoms with E-state index in [-0.39, 0.29) is 27.9 Å². The maximum atomic E-state index is 12.0. The highest BCUT2D eigenvalue weighted by Gasteiger charge is 2.44. The minimum Gasteiger partial charge on any atom is -0.507 e. The fourth-order valence-corrected chi connectivity index (χ4v) is 2.94. The van der Waals surface area contributed by atoms with Crippen molar-refractivity contribution in [1.29, 1.82) is 0 Å². The Morgan fingerprint density at radius 1 is 1.16 bits per heavy atom. The predicted molar refractivity (Wildman–Crippen MR) is 86.7 cm³/mol. The summed E-state index contributed by atoms with van der Waals surface area (Å²) in [5.41, 5.74) is -0.213. The smallest absolute Gasteiger partial charge is 0.229 e. The second-order valence-corrected chi connectivity index (χ2v) is 6.05. The first-order valence-electron chi connectivity index (χ1n) is 7.80. The number of fused-ring (bicyclic) bond motifs is 1. The van der Waals surface area contributed by atoms with Gasteiger partial charge in [-0.2, -0.15) is 0 Å². The normalized spacial score (nSPS) is 29.7. The zero-order chi connectivity index (χ0) is 18.3. The molecule has 1 aliphatic rings. The largest absolute Gasteiger partial charge is 0.507 e. The molecule has 3 N–H and O–H groups in total. The Hall–Kier alpha value is -2.13. The number of hydrogen-bond donors (Lipinski definition) is 3. The van der Waals surface area contributed by atoms with E-state index in [4.69, 9.17) is 18.6 Å². The van der Waals surface area contributed by atoms with Crippen LogP contribution in [0.1, 0.15) is 12.7 Å². The van der Waals surface area contributed by atoms with Crippen molar-refractivity contribution in [2.45, 2.75) is 44.6 Å². The lowest BCUT2D eigenvalue weighted by atomic mass is 10.00. The zero-order valence-corrected chi connectivity index (χ0v) is 14.0. The average Bonchev–Trinajstić information content (AvgIpc) is 2.52. The summed E-state index contributed by atoms with van der Waals surface area (Å²) in [7, 11) is 1.37. The van der Waals surface area contributed by atoms with Crippen LogP contribution < -0.4 is 10.2 Å². The molecule has 2 aromatic rings. The third-order valence-corrected chi connectivity index (χ3v) is 4.21. The van der Waals surface area contributed by atoms with Gasteiger partial charge in [0.25, 0.3) is 0 Å². The molecule has 3 rings (SSSR count). The van der Waals surface area contributed by atoms with Crippen LogP contribution in [0.15, 0.2) is 27.4 Å². The molecular weight excluding hydrogens is 332 g/mol. The third kappa shape index (κ3) is 3.21. The third-order valence-electron chi connectivity index (χ3n) is 4.21. The van der Waals surface area contributed by atoms with Crippen molar-refractivity contribution >= 4 is 11.0 Å². The highest BCUT2D eigenvalue weighted by Crippen LogP contribution is 2.31. The highest BCUT2D eigenvalue weighted by molar-refractivity contribution is 5.84. The summed E-state index contributed by atoms with van der Waals surface area (Å²) in [5, 5.41) is 30.4. The topological polar surface area (TPSA) is 119 Å². The summed E-state index contributed by atoms with van der Waals surface area (Å²) in [6.07, 6.45) is -4.91. The number of aromatic hydroxyl groups is 1. The van der Waals surface area contributed by atoms with Gasteiger partial charge >= 0.3 is 0 Å². The van der Waals surface area contributed by atoms with Crippen molar-refractivity contribution in [2.24, 2.45) is 0 Å². The van der Waals surface area contributed by atoms with E-state index in [2.05, 4.69) is 0 Å². The number of hydrogen-bond acceptors (Lipinski definition) is 8. The van der Waals surface area contributed by atoms with Crippen molar-refractivity contribution in [3.8, 4) is 11.5 Å². The summed E-state index contributed by atoms with van der Waals surface area (Å²) in [6.45, 7) is 3.24. The maximum Gasteiger partial charge on any atom is 0.229 e. The molecule has 0 saturated carbocycles. The average molecular weight is 352 g/mol. The number of benzene rings is 1. The molecule has 136 valence electrons. The molecule has 1 aliphatic heterocycles. The molecule has 1 saturated heterocycles. The molecule has 5 atom stereocenters. The van der Waals surface area contributed by atoms with Crippen LogP contribution in [0.4, 0.5) is 0 Å². The molecule has 25 heavy (non-hydrogen) atoms. The number of ether oxygens (including phenoxy) is 3. The van der Waals surface area contributed by atoms with Gasteiger partial charge in [0.2, 0.25) is 6.29 Å². The lowest BCUT2D eigenvalue weighted by molar-refractivity contribution is -0.272. The summed E-state index contributed by atoms with van der Waals surface area (Å²) in [5.74, 6) is 0.225. The highest BCUT2D eigenvalue weighted by atomic mass is 16.7. The SMILES string of the molecule is COC1C(O)C(C)OC(Oc2cc(O)c3c(=O)cc(C)oc3c2)C1O. The molecule has 0 aliphatic carbocycles. The minimum absolute atomic E-state index is 0.0432. The monoisotopic (exact) mass is 352 g/mol. The quantitative estimate of drug-likeness (QED) is 0.737. The molecule has 1 aromatic heterocycles. The summed E-state index contributed by atoms with van der Waals surface area (Å²) >= 11 is 0. The molecular formula is C17H20O8. The van der Waals surface area contributed by atoms with Gasteiger partial charge in [0.15, 0.2) is 5.43 Å². The summed E-state index contributed by atoms with van der Waals surface area (Å²) in [6, 6.07) is 3.95. The minimum atomic E-state index is -1.25. The van der Waals surface area contributed by atoms with E-state index in [0.717, 1.165) is 0 Å². The van der Waals surface area contributed by atoms with Crippen molar-refractivity contribution in [1.82, 2.24) is 0 Å². The zero-order valence-electron chi connectivity index (χ0n) is 14.0. The number of aliphatic hydroxyl groups excluding tert-OH is 2. The Balaban J connectivity index is 1.94. The van der Waals surface area contributed by atoms with Gasteiger partial charge in [0, 0.05) is 25.3 Å². The first kappa shape index (κ1) is 17.7. The number of methoxy groups -OCH3 is 1. The van der Waals surface area contributed by atoms with Crippen LogP contribution in [-0.4, -0.2) is 53.1 Å². The number of phenolic OH excluding ortho intramolecular Hbond substituents is 1. The predicted octanol–water partition coefficient (Wildman–Crippen LogP) is 0.667. The van der Waals surface area contributed by atoms with E-state index in [1.165, 1.54) is 25.3 Å². The molecule has 0 amide bonds. The van der Waals surface area contributed by atoms with E-state index < -0.39 is 30.7 Å². The van der Waals surface area contributed by atoms with E-state index in [9.17, 15) is 20.1 Å². The van der Waals surface area contributed by atoms with Crippen LogP contribution in [-0.2, 0) is 9.47 Å². The Morgan fingerprint density at radius 3 is 2.56 bits per heavy atom. The molecule has 0 spiro atoms. The molecule has 1 aromatic carbocycles. The standard InChI is InChI=1S/C17H20O8/c1-7-4-10(18)13-11(19)5-9(6-12(13)23-7)25-17-15(21)16(22-3)14(20)8(2)24-17/h4-6,8,14-17,19-21H,1-3H3. The molecule has 0 radical (unpaired) electrons. The Labute approximate surface area is 143 Å². The van der Waals surface area contributed by atoms with Gasteiger partial charge < -0.3 is 33.9 Å². The van der Waals surface area contributed by atoms with Crippen LogP contribution in [0.5, 0.6) is 11.5 Å². The summed E-state index contributed by atoms with van der Waals surface area (Å²) in [4.78, 5) is 12.0. The Bertz CT molecular complexity index is 829. The number of aliphatic hydroxyl groups is 2.